The van der Waals surface area contributed by atoms with Crippen molar-refractivity contribution >= 4 is 5.97 Å². The Labute approximate surface area is 159 Å². The fraction of sp³-hybridized carbons (Fsp3) is 0.381. The molecule has 1 saturated heterocycles. The summed E-state index contributed by atoms with van der Waals surface area (Å²) in [5.74, 6) is 0.834. The van der Waals surface area contributed by atoms with Gasteiger partial charge in [0.2, 0.25) is 5.75 Å². The van der Waals surface area contributed by atoms with E-state index in [-0.39, 0.29) is 6.04 Å². The van der Waals surface area contributed by atoms with Crippen molar-refractivity contribution in [3.8, 4) is 17.2 Å². The Morgan fingerprint density at radius 1 is 1.04 bits per heavy atom. The second kappa shape index (κ2) is 8.31. The molecule has 3 rings (SSSR count). The molecule has 0 radical (unpaired) electrons. The first kappa shape index (κ1) is 19.0. The van der Waals surface area contributed by atoms with Crippen molar-refractivity contribution in [3.05, 3.63) is 53.6 Å². The van der Waals surface area contributed by atoms with Gasteiger partial charge in [0.25, 0.3) is 0 Å². The Hall–Kier alpha value is -2.73. The van der Waals surface area contributed by atoms with Gasteiger partial charge in [-0.25, -0.2) is 0 Å². The molecule has 1 N–H and O–H groups in total. The van der Waals surface area contributed by atoms with E-state index in [0.29, 0.717) is 30.2 Å². The van der Waals surface area contributed by atoms with E-state index in [2.05, 4.69) is 0 Å². The average Bonchev–Trinajstić information content (AvgIpc) is 3.18. The van der Waals surface area contributed by atoms with Crippen molar-refractivity contribution in [2.45, 2.75) is 24.9 Å². The molecule has 6 nitrogen and oxygen atoms in total. The zero-order valence-electron chi connectivity index (χ0n) is 15.8. The summed E-state index contributed by atoms with van der Waals surface area (Å²) in [4.78, 5) is 13.9. The van der Waals surface area contributed by atoms with E-state index >= 15 is 0 Å². The van der Waals surface area contributed by atoms with Crippen LogP contribution in [-0.2, 0) is 4.79 Å². The third kappa shape index (κ3) is 3.57. The van der Waals surface area contributed by atoms with Gasteiger partial charge in [0.1, 0.15) is 6.04 Å². The van der Waals surface area contributed by atoms with Gasteiger partial charge in [-0.1, -0.05) is 30.3 Å². The Kier molecular flexibility index (Phi) is 5.86. The summed E-state index contributed by atoms with van der Waals surface area (Å²) in [5, 5.41) is 9.72. The molecule has 0 aliphatic carbocycles. The Balaban J connectivity index is 2.19. The first-order valence-electron chi connectivity index (χ1n) is 8.94. The highest BCUT2D eigenvalue weighted by atomic mass is 16.5. The minimum Gasteiger partial charge on any atom is -0.493 e. The molecular weight excluding hydrogens is 346 g/mol. The number of rotatable bonds is 7. The van der Waals surface area contributed by atoms with Crippen LogP contribution >= 0.6 is 0 Å². The molecular formula is C21H25NO5. The number of hydrogen-bond acceptors (Lipinski definition) is 5. The largest absolute Gasteiger partial charge is 0.493 e. The summed E-state index contributed by atoms with van der Waals surface area (Å²) < 4.78 is 16.6. The molecule has 2 aromatic carbocycles. The first-order valence-corrected chi connectivity index (χ1v) is 8.94. The van der Waals surface area contributed by atoms with Gasteiger partial charge in [0, 0.05) is 12.1 Å². The van der Waals surface area contributed by atoms with Crippen LogP contribution in [0.2, 0.25) is 0 Å². The van der Waals surface area contributed by atoms with Crippen LogP contribution in [0.25, 0.3) is 0 Å². The molecule has 0 aromatic heterocycles. The van der Waals surface area contributed by atoms with Gasteiger partial charge in [-0.2, -0.15) is 0 Å². The molecule has 2 aromatic rings. The number of likely N-dealkylation sites (tertiary alicyclic amines) is 1. The quantitative estimate of drug-likeness (QED) is 0.805. The van der Waals surface area contributed by atoms with Crippen LogP contribution in [0.3, 0.4) is 0 Å². The third-order valence-corrected chi connectivity index (χ3v) is 5.06. The lowest BCUT2D eigenvalue weighted by Gasteiger charge is -2.33. The van der Waals surface area contributed by atoms with Gasteiger partial charge in [0.05, 0.1) is 27.4 Å². The van der Waals surface area contributed by atoms with Gasteiger partial charge < -0.3 is 19.3 Å². The fourth-order valence-electron chi connectivity index (χ4n) is 3.89. The average molecular weight is 371 g/mol. The van der Waals surface area contributed by atoms with Crippen LogP contribution in [0.5, 0.6) is 17.2 Å². The van der Waals surface area contributed by atoms with E-state index in [1.165, 1.54) is 0 Å². The summed E-state index contributed by atoms with van der Waals surface area (Å²) in [6, 6.07) is 12.9. The molecule has 0 amide bonds. The lowest BCUT2D eigenvalue weighted by molar-refractivity contribution is -0.142. The first-order chi connectivity index (χ1) is 13.1. The Morgan fingerprint density at radius 2 is 1.74 bits per heavy atom. The molecule has 27 heavy (non-hydrogen) atoms. The normalized spacial score (nSPS) is 18.1. The van der Waals surface area contributed by atoms with Crippen LogP contribution in [0.1, 0.15) is 30.0 Å². The van der Waals surface area contributed by atoms with Crippen LogP contribution in [-0.4, -0.2) is 49.9 Å². The number of methoxy groups -OCH3 is 3. The molecule has 2 atom stereocenters. The van der Waals surface area contributed by atoms with Gasteiger partial charge in [-0.15, -0.1) is 0 Å². The maximum Gasteiger partial charge on any atom is 0.320 e. The predicted molar refractivity (Wildman–Crippen MR) is 102 cm³/mol. The number of nitrogens with zero attached hydrogens (tertiary/aromatic N) is 1. The van der Waals surface area contributed by atoms with Gasteiger partial charge in [-0.05, 0) is 30.5 Å². The molecule has 0 saturated carbocycles. The molecule has 144 valence electrons. The predicted octanol–water partition coefficient (Wildman–Crippen LogP) is 3.35. The lowest BCUT2D eigenvalue weighted by Crippen LogP contribution is -2.39. The van der Waals surface area contributed by atoms with Crippen molar-refractivity contribution in [2.75, 3.05) is 27.9 Å². The smallest absolute Gasteiger partial charge is 0.320 e. The van der Waals surface area contributed by atoms with Crippen LogP contribution in [0.4, 0.5) is 0 Å². The number of benzene rings is 2. The number of carboxylic acid groups (broad SMARTS) is 1. The minimum atomic E-state index is -0.798. The van der Waals surface area contributed by atoms with Crippen LogP contribution in [0, 0.1) is 0 Å². The molecule has 6 heteroatoms. The molecule has 1 aliphatic heterocycles. The lowest BCUT2D eigenvalue weighted by atomic mass is 9.94. The highest BCUT2D eigenvalue weighted by molar-refractivity contribution is 5.74. The van der Waals surface area contributed by atoms with Crippen molar-refractivity contribution in [3.63, 3.8) is 0 Å². The highest BCUT2D eigenvalue weighted by Gasteiger charge is 2.38. The summed E-state index contributed by atoms with van der Waals surface area (Å²) >= 11 is 0. The standard InChI is InChI=1S/C21H25NO5/c1-25-17-12-11-15(19(26-2)20(17)27-3)18(14-8-5-4-6-9-14)22-13-7-10-16(22)21(23)24/h4-6,8-9,11-12,16,18H,7,10,13H2,1-3H3,(H,23,24). The summed E-state index contributed by atoms with van der Waals surface area (Å²) in [5.41, 5.74) is 1.87. The van der Waals surface area contributed by atoms with Crippen molar-refractivity contribution in [1.29, 1.82) is 0 Å². The fourth-order valence-corrected chi connectivity index (χ4v) is 3.89. The SMILES string of the molecule is COc1ccc(C(c2ccccc2)N2CCCC2C(=O)O)c(OC)c1OC. The van der Waals surface area contributed by atoms with E-state index in [4.69, 9.17) is 14.2 Å². The van der Waals surface area contributed by atoms with Crippen LogP contribution < -0.4 is 14.2 Å². The van der Waals surface area contributed by atoms with Gasteiger partial charge in [0.15, 0.2) is 11.5 Å². The Morgan fingerprint density at radius 3 is 2.33 bits per heavy atom. The van der Waals surface area contributed by atoms with Gasteiger partial charge in [-0.3, -0.25) is 9.69 Å². The Bertz CT molecular complexity index is 793. The van der Waals surface area contributed by atoms with Crippen molar-refractivity contribution in [2.24, 2.45) is 0 Å². The number of ether oxygens (including phenoxy) is 3. The highest BCUT2D eigenvalue weighted by Crippen LogP contribution is 2.46. The minimum absolute atomic E-state index is 0.260. The third-order valence-electron chi connectivity index (χ3n) is 5.06. The zero-order chi connectivity index (χ0) is 19.4. The van der Waals surface area contributed by atoms with E-state index in [1.807, 2.05) is 47.4 Å². The van der Waals surface area contributed by atoms with Gasteiger partial charge >= 0.3 is 5.97 Å². The molecule has 1 heterocycles. The molecule has 2 unspecified atom stereocenters. The second-order valence-corrected chi connectivity index (χ2v) is 6.47. The molecule has 1 aliphatic rings. The second-order valence-electron chi connectivity index (χ2n) is 6.47. The van der Waals surface area contributed by atoms with E-state index in [1.54, 1.807) is 21.3 Å². The van der Waals surface area contributed by atoms with Crippen molar-refractivity contribution in [1.82, 2.24) is 4.90 Å². The molecule has 1 fully saturated rings. The number of aliphatic carboxylic acids is 1. The maximum atomic E-state index is 11.8. The van der Waals surface area contributed by atoms with Crippen LogP contribution in [0.15, 0.2) is 42.5 Å². The monoisotopic (exact) mass is 371 g/mol. The van der Waals surface area contributed by atoms with E-state index in [0.717, 1.165) is 17.5 Å². The number of carboxylic acids is 1. The van der Waals surface area contributed by atoms with Crippen molar-refractivity contribution < 1.29 is 24.1 Å². The summed E-state index contributed by atoms with van der Waals surface area (Å²) in [6.07, 6.45) is 1.48. The topological polar surface area (TPSA) is 68.2 Å². The molecule has 0 bridgehead atoms. The zero-order valence-corrected chi connectivity index (χ0v) is 15.8. The maximum absolute atomic E-state index is 11.8. The van der Waals surface area contributed by atoms with E-state index in [9.17, 15) is 9.90 Å². The number of hydrogen-bond donors (Lipinski definition) is 1. The molecule has 0 spiro atoms. The summed E-state index contributed by atoms with van der Waals surface area (Å²) in [7, 11) is 4.73. The van der Waals surface area contributed by atoms with E-state index < -0.39 is 12.0 Å². The summed E-state index contributed by atoms with van der Waals surface area (Å²) in [6.45, 7) is 0.702. The number of carbonyl (C=O) groups is 1.